The minimum absolute atomic E-state index is 0.00661. The number of halogens is 1. The Labute approximate surface area is 150 Å². The number of aromatic nitrogens is 1. The van der Waals surface area contributed by atoms with E-state index in [2.05, 4.69) is 10.3 Å². The van der Waals surface area contributed by atoms with Crippen molar-refractivity contribution in [3.8, 4) is 28.1 Å². The molecule has 25 heavy (non-hydrogen) atoms. The van der Waals surface area contributed by atoms with Gasteiger partial charge in [0.2, 0.25) is 5.91 Å². The lowest BCUT2D eigenvalue weighted by Crippen LogP contribution is -2.03. The van der Waals surface area contributed by atoms with Crippen molar-refractivity contribution in [2.75, 3.05) is 12.4 Å². The largest absolute Gasteiger partial charge is 0.496 e. The molecule has 1 aliphatic rings. The second-order valence-corrected chi connectivity index (χ2v) is 6.25. The van der Waals surface area contributed by atoms with Crippen LogP contribution < -0.4 is 10.1 Å². The number of para-hydroxylation sites is 1. The molecule has 0 saturated heterocycles. The highest BCUT2D eigenvalue weighted by atomic mass is 35.5. The average molecular weight is 351 g/mol. The summed E-state index contributed by atoms with van der Waals surface area (Å²) in [5, 5.41) is 3.40. The minimum atomic E-state index is -0.00661. The lowest BCUT2D eigenvalue weighted by Gasteiger charge is -2.10. The SMILES string of the molecule is COc1ccccc1-c1ccc(-c2cc3c(cc2Cl)NC(=O)C3)cn1. The molecule has 2 aromatic carbocycles. The molecule has 1 amide bonds. The Morgan fingerprint density at radius 2 is 1.96 bits per heavy atom. The van der Waals surface area contributed by atoms with Gasteiger partial charge in [-0.3, -0.25) is 9.78 Å². The maximum Gasteiger partial charge on any atom is 0.228 e. The van der Waals surface area contributed by atoms with Gasteiger partial charge >= 0.3 is 0 Å². The van der Waals surface area contributed by atoms with Gasteiger partial charge in [0.15, 0.2) is 0 Å². The monoisotopic (exact) mass is 350 g/mol. The molecule has 4 rings (SSSR count). The number of carbonyl (C=O) groups excluding carboxylic acids is 1. The zero-order valence-electron chi connectivity index (χ0n) is 13.5. The van der Waals surface area contributed by atoms with Crippen molar-refractivity contribution in [1.82, 2.24) is 4.98 Å². The molecule has 1 N–H and O–H groups in total. The number of hydrogen-bond acceptors (Lipinski definition) is 3. The van der Waals surface area contributed by atoms with Crippen LogP contribution in [0.25, 0.3) is 22.4 Å². The summed E-state index contributed by atoms with van der Waals surface area (Å²) in [6, 6.07) is 15.4. The Morgan fingerprint density at radius 1 is 1.12 bits per heavy atom. The quantitative estimate of drug-likeness (QED) is 0.752. The highest BCUT2D eigenvalue weighted by molar-refractivity contribution is 6.34. The van der Waals surface area contributed by atoms with Gasteiger partial charge in [0.25, 0.3) is 0 Å². The molecule has 1 aliphatic heterocycles. The summed E-state index contributed by atoms with van der Waals surface area (Å²) in [5.41, 5.74) is 5.29. The molecule has 124 valence electrons. The second kappa shape index (κ2) is 6.22. The molecule has 0 fully saturated rings. The van der Waals surface area contributed by atoms with Crippen LogP contribution in [0.15, 0.2) is 54.7 Å². The molecule has 2 heterocycles. The Kier molecular flexibility index (Phi) is 3.90. The van der Waals surface area contributed by atoms with Crippen molar-refractivity contribution in [3.05, 3.63) is 65.3 Å². The van der Waals surface area contributed by atoms with Crippen LogP contribution >= 0.6 is 11.6 Å². The fraction of sp³-hybridized carbons (Fsp3) is 0.100. The number of carbonyl (C=O) groups is 1. The Bertz CT molecular complexity index is 968. The van der Waals surface area contributed by atoms with Crippen molar-refractivity contribution in [3.63, 3.8) is 0 Å². The number of hydrogen-bond donors (Lipinski definition) is 1. The summed E-state index contributed by atoms with van der Waals surface area (Å²) >= 11 is 6.40. The van der Waals surface area contributed by atoms with Gasteiger partial charge in [-0.15, -0.1) is 0 Å². The molecule has 1 aromatic heterocycles. The Hall–Kier alpha value is -2.85. The summed E-state index contributed by atoms with van der Waals surface area (Å²) in [7, 11) is 1.65. The maximum atomic E-state index is 11.5. The predicted molar refractivity (Wildman–Crippen MR) is 99.0 cm³/mol. The molecule has 0 saturated carbocycles. The van der Waals surface area contributed by atoms with Gasteiger partial charge in [-0.2, -0.15) is 0 Å². The number of anilines is 1. The van der Waals surface area contributed by atoms with Crippen LogP contribution in [0.4, 0.5) is 5.69 Å². The average Bonchev–Trinajstić information content (AvgIpc) is 3.00. The Balaban J connectivity index is 1.72. The van der Waals surface area contributed by atoms with Crippen LogP contribution in [0, 0.1) is 0 Å². The predicted octanol–water partition coefficient (Wildman–Crippen LogP) is 4.57. The van der Waals surface area contributed by atoms with Crippen LogP contribution in [0.5, 0.6) is 5.75 Å². The van der Waals surface area contributed by atoms with Crippen LogP contribution in [0.2, 0.25) is 5.02 Å². The van der Waals surface area contributed by atoms with E-state index in [0.29, 0.717) is 11.4 Å². The maximum absolute atomic E-state index is 11.5. The molecule has 0 aliphatic carbocycles. The van der Waals surface area contributed by atoms with E-state index in [0.717, 1.165) is 39.4 Å². The summed E-state index contributed by atoms with van der Waals surface area (Å²) in [5.74, 6) is 0.774. The van der Waals surface area contributed by atoms with Gasteiger partial charge in [0, 0.05) is 28.6 Å². The number of fused-ring (bicyclic) bond motifs is 1. The summed E-state index contributed by atoms with van der Waals surface area (Å²) in [6.07, 6.45) is 2.17. The van der Waals surface area contributed by atoms with Gasteiger partial charge in [-0.1, -0.05) is 29.8 Å². The van der Waals surface area contributed by atoms with Crippen LogP contribution in [-0.4, -0.2) is 18.0 Å². The van der Waals surface area contributed by atoms with Crippen molar-refractivity contribution in [1.29, 1.82) is 0 Å². The van der Waals surface area contributed by atoms with Crippen molar-refractivity contribution >= 4 is 23.2 Å². The van der Waals surface area contributed by atoms with E-state index in [4.69, 9.17) is 16.3 Å². The number of pyridine rings is 1. The fourth-order valence-electron chi connectivity index (χ4n) is 3.04. The molecule has 0 atom stereocenters. The van der Waals surface area contributed by atoms with Crippen molar-refractivity contribution in [2.24, 2.45) is 0 Å². The normalized spacial score (nSPS) is 12.6. The molecule has 0 unspecified atom stereocenters. The standard InChI is InChI=1S/C20H15ClN2O2/c1-25-19-5-3-2-4-14(19)17-7-6-12(11-22-17)15-8-13-9-20(24)23-18(13)10-16(15)21/h2-8,10-11H,9H2,1H3,(H,23,24). The molecule has 4 nitrogen and oxygen atoms in total. The van der Waals surface area contributed by atoms with Crippen molar-refractivity contribution in [2.45, 2.75) is 6.42 Å². The first-order valence-corrected chi connectivity index (χ1v) is 8.25. The van der Waals surface area contributed by atoms with Crippen LogP contribution in [0.3, 0.4) is 0 Å². The number of nitrogens with one attached hydrogen (secondary N) is 1. The molecule has 5 heteroatoms. The van der Waals surface area contributed by atoms with Gasteiger partial charge in [0.1, 0.15) is 5.75 Å². The van der Waals surface area contributed by atoms with Crippen LogP contribution in [-0.2, 0) is 11.2 Å². The van der Waals surface area contributed by atoms with E-state index in [1.54, 1.807) is 19.4 Å². The molecular formula is C20H15ClN2O2. The van der Waals surface area contributed by atoms with Gasteiger partial charge in [-0.05, 0) is 35.9 Å². The number of nitrogens with zero attached hydrogens (tertiary/aromatic N) is 1. The number of rotatable bonds is 3. The zero-order valence-corrected chi connectivity index (χ0v) is 14.3. The first kappa shape index (κ1) is 15.7. The molecular weight excluding hydrogens is 336 g/mol. The number of benzene rings is 2. The third-order valence-corrected chi connectivity index (χ3v) is 4.59. The lowest BCUT2D eigenvalue weighted by molar-refractivity contribution is -0.115. The summed E-state index contributed by atoms with van der Waals surface area (Å²) in [4.78, 5) is 16.1. The number of methoxy groups -OCH3 is 1. The first-order chi connectivity index (χ1) is 12.2. The highest BCUT2D eigenvalue weighted by Gasteiger charge is 2.20. The smallest absolute Gasteiger partial charge is 0.228 e. The first-order valence-electron chi connectivity index (χ1n) is 7.88. The molecule has 3 aromatic rings. The summed E-state index contributed by atoms with van der Waals surface area (Å²) in [6.45, 7) is 0. The molecule has 0 bridgehead atoms. The van der Waals surface area contributed by atoms with E-state index in [1.807, 2.05) is 42.5 Å². The third-order valence-electron chi connectivity index (χ3n) is 4.28. The van der Waals surface area contributed by atoms with Gasteiger partial charge in [0.05, 0.1) is 24.2 Å². The van der Waals surface area contributed by atoms with E-state index < -0.39 is 0 Å². The van der Waals surface area contributed by atoms with E-state index in [-0.39, 0.29) is 5.91 Å². The van der Waals surface area contributed by atoms with E-state index in [1.165, 1.54) is 0 Å². The Morgan fingerprint density at radius 3 is 2.72 bits per heavy atom. The fourth-order valence-corrected chi connectivity index (χ4v) is 3.31. The number of amides is 1. The minimum Gasteiger partial charge on any atom is -0.496 e. The highest BCUT2D eigenvalue weighted by Crippen LogP contribution is 2.36. The zero-order chi connectivity index (χ0) is 17.4. The van der Waals surface area contributed by atoms with E-state index in [9.17, 15) is 4.79 Å². The van der Waals surface area contributed by atoms with Crippen molar-refractivity contribution < 1.29 is 9.53 Å². The molecule has 0 radical (unpaired) electrons. The van der Waals surface area contributed by atoms with Crippen LogP contribution in [0.1, 0.15) is 5.56 Å². The lowest BCUT2D eigenvalue weighted by atomic mass is 10.0. The topological polar surface area (TPSA) is 51.2 Å². The third kappa shape index (κ3) is 2.85. The molecule has 0 spiro atoms. The van der Waals surface area contributed by atoms with Gasteiger partial charge < -0.3 is 10.1 Å². The van der Waals surface area contributed by atoms with E-state index >= 15 is 0 Å². The van der Waals surface area contributed by atoms with Gasteiger partial charge in [-0.25, -0.2) is 0 Å². The number of ether oxygens (including phenoxy) is 1. The second-order valence-electron chi connectivity index (χ2n) is 5.85. The summed E-state index contributed by atoms with van der Waals surface area (Å²) < 4.78 is 5.39.